The first-order valence-corrected chi connectivity index (χ1v) is 10.2. The minimum atomic E-state index is 0. The maximum absolute atomic E-state index is 8.93. The third-order valence-electron chi connectivity index (χ3n) is 2.13. The second-order valence-electron chi connectivity index (χ2n) is 4.31. The molecule has 2 aromatic rings. The maximum Gasteiger partial charge on any atom is 4.00 e. The molecule has 1 radical (unpaired) electrons. The van der Waals surface area contributed by atoms with Gasteiger partial charge >= 0.3 is 25.8 Å². The fourth-order valence-corrected chi connectivity index (χ4v) is 1.41. The van der Waals surface area contributed by atoms with Gasteiger partial charge in [0.05, 0.1) is 0 Å². The van der Waals surface area contributed by atoms with Crippen molar-refractivity contribution in [2.45, 2.75) is 33.4 Å². The summed E-state index contributed by atoms with van der Waals surface area (Å²) < 4.78 is 0. The van der Waals surface area contributed by atoms with Crippen molar-refractivity contribution in [2.24, 2.45) is 0 Å². The van der Waals surface area contributed by atoms with E-state index in [0.717, 1.165) is 15.9 Å². The first-order valence-electron chi connectivity index (χ1n) is 7.93. The Morgan fingerprint density at radius 1 is 1.08 bits per heavy atom. The molecule has 0 saturated carbocycles. The smallest absolute Gasteiger partial charge is 0.855 e. The summed E-state index contributed by atoms with van der Waals surface area (Å²) in [5.74, 6) is 0. The molecule has 24 heavy (non-hydrogen) atoms. The maximum atomic E-state index is 8.93. The first-order chi connectivity index (χ1) is 11.2. The summed E-state index contributed by atoms with van der Waals surface area (Å²) in [6.45, 7) is 7.56. The molecule has 0 fully saturated rings. The van der Waals surface area contributed by atoms with Gasteiger partial charge in [-0.05, 0) is 0 Å². The third-order valence-corrected chi connectivity index (χ3v) is 2.13. The van der Waals surface area contributed by atoms with E-state index in [9.17, 15) is 0 Å². The van der Waals surface area contributed by atoms with Crippen LogP contribution in [-0.2, 0) is 25.8 Å². The number of hydrogen-bond donors (Lipinski definition) is 0. The monoisotopic (exact) mass is 509 g/mol. The van der Waals surface area contributed by atoms with Gasteiger partial charge in [0.15, 0.2) is 0 Å². The second-order valence-corrected chi connectivity index (χ2v) is 5.47. The van der Waals surface area contributed by atoms with Crippen molar-refractivity contribution in [1.82, 2.24) is 0 Å². The minimum absolute atomic E-state index is 0. The van der Waals surface area contributed by atoms with Gasteiger partial charge in [-0.1, -0.05) is 33.0 Å². The van der Waals surface area contributed by atoms with Crippen LogP contribution in [0.5, 0.6) is 0 Å². The number of benzene rings is 1. The van der Waals surface area contributed by atoms with Crippen molar-refractivity contribution in [2.75, 3.05) is 13.2 Å². The summed E-state index contributed by atoms with van der Waals surface area (Å²) in [5, 5.41) is 20.5. The van der Waals surface area contributed by atoms with Crippen molar-refractivity contribution < 1.29 is 36.1 Å². The van der Waals surface area contributed by atoms with Crippen LogP contribution in [0, 0.1) is 6.08 Å². The molecule has 129 valence electrons. The Labute approximate surface area is 169 Å². The van der Waals surface area contributed by atoms with E-state index in [0.29, 0.717) is 0 Å². The summed E-state index contributed by atoms with van der Waals surface area (Å²) in [7, 11) is 0.750. The molecular formula is C20H29HfO2Si. The second kappa shape index (κ2) is 24.6. The van der Waals surface area contributed by atoms with Crippen LogP contribution in [0.4, 0.5) is 0 Å². The van der Waals surface area contributed by atoms with E-state index in [-0.39, 0.29) is 39.1 Å². The van der Waals surface area contributed by atoms with E-state index in [2.05, 4.69) is 67.7 Å². The molecule has 2 nitrogen and oxygen atoms in total. The Morgan fingerprint density at radius 3 is 2.00 bits per heavy atom. The van der Waals surface area contributed by atoms with Gasteiger partial charge in [-0.15, -0.1) is 49.3 Å². The Balaban J connectivity index is -0.000000255. The molecule has 0 aromatic heterocycles. The first kappa shape index (κ1) is 28.1. The average Bonchev–Trinajstić information content (AvgIpc) is 3.24. The zero-order valence-electron chi connectivity index (χ0n) is 15.3. The van der Waals surface area contributed by atoms with Gasteiger partial charge in [-0.25, -0.2) is 12.2 Å². The molecule has 0 amide bonds. The Kier molecular flexibility index (Phi) is 28.8. The predicted octanol–water partition coefficient (Wildman–Crippen LogP) is 3.11. The summed E-state index contributed by atoms with van der Waals surface area (Å²) >= 11 is 0. The number of rotatable bonds is 0. The summed E-state index contributed by atoms with van der Waals surface area (Å²) in [4.78, 5) is 0. The van der Waals surface area contributed by atoms with Crippen molar-refractivity contribution in [3.63, 3.8) is 0 Å². The molecule has 0 spiro atoms. The van der Waals surface area contributed by atoms with Crippen LogP contribution in [0.3, 0.4) is 0 Å². The summed E-state index contributed by atoms with van der Waals surface area (Å²) in [5.41, 5.74) is 0. The van der Waals surface area contributed by atoms with Crippen LogP contribution in [-0.4, -0.2) is 22.7 Å². The number of allylic oxidation sites excluding steroid dienone is 4. The van der Waals surface area contributed by atoms with Crippen LogP contribution in [0.1, 0.15) is 20.3 Å². The topological polar surface area (TPSA) is 46.1 Å². The van der Waals surface area contributed by atoms with E-state index in [1.165, 1.54) is 10.8 Å². The Morgan fingerprint density at radius 2 is 1.62 bits per heavy atom. The van der Waals surface area contributed by atoms with Gasteiger partial charge in [-0.2, -0.15) is 23.6 Å². The molecular weight excluding hydrogens is 479 g/mol. The van der Waals surface area contributed by atoms with E-state index < -0.39 is 0 Å². The van der Waals surface area contributed by atoms with Crippen LogP contribution < -0.4 is 10.2 Å². The summed E-state index contributed by atoms with van der Waals surface area (Å²) in [6.07, 6.45) is 10.0. The summed E-state index contributed by atoms with van der Waals surface area (Å²) in [6, 6.07) is 14.7. The van der Waals surface area contributed by atoms with Crippen LogP contribution >= 0.6 is 0 Å². The number of fused-ring (bicyclic) bond motifs is 1. The third kappa shape index (κ3) is 19.4. The van der Waals surface area contributed by atoms with Crippen LogP contribution in [0.15, 0.2) is 60.7 Å². The van der Waals surface area contributed by atoms with Gasteiger partial charge in [0.1, 0.15) is 0 Å². The molecule has 0 atom stereocenters. The van der Waals surface area contributed by atoms with Gasteiger partial charge in [-0.3, -0.25) is 6.08 Å². The molecule has 1 aliphatic carbocycles. The molecule has 0 unspecified atom stereocenters. The predicted molar refractivity (Wildman–Crippen MR) is 101 cm³/mol. The Hall–Kier alpha value is -0.683. The largest absolute Gasteiger partial charge is 4.00 e. The molecule has 0 N–H and O–H groups in total. The van der Waals surface area contributed by atoms with Crippen molar-refractivity contribution in [1.29, 1.82) is 0 Å². The molecule has 0 heterocycles. The van der Waals surface area contributed by atoms with Gasteiger partial charge in [0.25, 0.3) is 0 Å². The van der Waals surface area contributed by atoms with E-state index in [1.807, 2.05) is 12.2 Å². The van der Waals surface area contributed by atoms with Crippen LogP contribution in [0.2, 0.25) is 13.1 Å². The van der Waals surface area contributed by atoms with Crippen molar-refractivity contribution in [3.8, 4) is 0 Å². The van der Waals surface area contributed by atoms with Gasteiger partial charge < -0.3 is 10.2 Å². The van der Waals surface area contributed by atoms with Crippen LogP contribution in [0.25, 0.3) is 10.8 Å². The molecule has 0 saturated heterocycles. The number of hydrogen-bond acceptors (Lipinski definition) is 2. The SMILES string of the molecule is CC[O-].CC[O-].C[SiH]C.[C-]1=CC=CC1.[Hf+4].c1ccc2[cH-]ccc2c1. The van der Waals surface area contributed by atoms with Crippen molar-refractivity contribution in [3.05, 3.63) is 66.8 Å². The molecule has 0 bridgehead atoms. The fraction of sp³-hybridized carbons (Fsp3) is 0.350. The van der Waals surface area contributed by atoms with E-state index >= 15 is 0 Å². The molecule has 1 aliphatic rings. The van der Waals surface area contributed by atoms with Gasteiger partial charge in [0.2, 0.25) is 0 Å². The molecule has 0 aliphatic heterocycles. The quantitative estimate of drug-likeness (QED) is 0.406. The van der Waals surface area contributed by atoms with E-state index in [1.54, 1.807) is 13.8 Å². The average molecular weight is 508 g/mol. The Bertz CT molecular complexity index is 462. The zero-order chi connectivity index (χ0) is 17.8. The molecule has 3 rings (SSSR count). The standard InChI is InChI=1S/C9H7.C5H5.2C2H5O.C2H7Si.Hf/c1-2-5-9-7-3-6-8(9)4-1;1-2-4-5-3-1;2*1-2-3;1-3-2;/h1-7H;1-3H,4H2;2*2H2,1H3;3H,1-2H3;/q4*-1;;+4. The zero-order valence-corrected chi connectivity index (χ0v) is 20.0. The van der Waals surface area contributed by atoms with Gasteiger partial charge in [0, 0.05) is 9.52 Å². The van der Waals surface area contributed by atoms with Crippen molar-refractivity contribution >= 4 is 20.3 Å². The molecule has 2 aromatic carbocycles. The van der Waals surface area contributed by atoms with E-state index in [4.69, 9.17) is 10.2 Å². The minimum Gasteiger partial charge on any atom is -0.855 e. The fourth-order valence-electron chi connectivity index (χ4n) is 1.41. The molecule has 4 heteroatoms. The normalized spacial score (nSPS) is 9.75.